The van der Waals surface area contributed by atoms with E-state index in [1.165, 1.54) is 0 Å². The van der Waals surface area contributed by atoms with E-state index in [9.17, 15) is 4.79 Å². The number of pyridine rings is 1. The summed E-state index contributed by atoms with van der Waals surface area (Å²) in [6.07, 6.45) is 4.58. The highest BCUT2D eigenvalue weighted by molar-refractivity contribution is 6.62. The highest BCUT2D eigenvalue weighted by Gasteiger charge is 2.51. The number of aromatic nitrogens is 1. The number of anilines is 1. The molecular weight excluding hydrogens is 279 g/mol. The Balaban J connectivity index is 1.70. The number of rotatable bonds is 4. The van der Waals surface area contributed by atoms with Crippen molar-refractivity contribution < 1.29 is 14.1 Å². The van der Waals surface area contributed by atoms with Crippen molar-refractivity contribution in [3.63, 3.8) is 0 Å². The molecule has 2 fully saturated rings. The molecule has 1 aliphatic carbocycles. The molecule has 3 rings (SSSR count). The Morgan fingerprint density at radius 1 is 1.32 bits per heavy atom. The molecule has 5 nitrogen and oxygen atoms in total. The number of carbonyl (C=O) groups is 1. The predicted octanol–water partition coefficient (Wildman–Crippen LogP) is 2.12. The molecule has 1 N–H and O–H groups in total. The first-order chi connectivity index (χ1) is 10.3. The van der Waals surface area contributed by atoms with E-state index >= 15 is 0 Å². The Hall–Kier alpha value is -1.40. The van der Waals surface area contributed by atoms with Crippen LogP contribution < -0.4 is 10.8 Å². The summed E-state index contributed by atoms with van der Waals surface area (Å²) >= 11 is 0. The predicted molar refractivity (Wildman–Crippen MR) is 85.9 cm³/mol. The molecule has 1 amide bonds. The molecular formula is C16H23BN2O3. The third kappa shape index (κ3) is 3.18. The minimum absolute atomic E-state index is 0.0288. The summed E-state index contributed by atoms with van der Waals surface area (Å²) in [5.41, 5.74) is 0.113. The van der Waals surface area contributed by atoms with Gasteiger partial charge in [-0.25, -0.2) is 4.98 Å². The van der Waals surface area contributed by atoms with Crippen LogP contribution in [0, 0.1) is 5.92 Å². The van der Waals surface area contributed by atoms with E-state index in [1.807, 2.05) is 39.8 Å². The van der Waals surface area contributed by atoms with Gasteiger partial charge >= 0.3 is 7.12 Å². The lowest BCUT2D eigenvalue weighted by molar-refractivity contribution is -0.116. The van der Waals surface area contributed by atoms with Crippen LogP contribution in [0.25, 0.3) is 0 Å². The molecule has 22 heavy (non-hydrogen) atoms. The van der Waals surface area contributed by atoms with Gasteiger partial charge in [0.15, 0.2) is 0 Å². The second kappa shape index (κ2) is 5.35. The first-order valence-electron chi connectivity index (χ1n) is 7.88. The van der Waals surface area contributed by atoms with Crippen molar-refractivity contribution in [2.75, 3.05) is 5.32 Å². The minimum Gasteiger partial charge on any atom is -0.399 e. The van der Waals surface area contributed by atoms with Crippen molar-refractivity contribution in [1.82, 2.24) is 4.98 Å². The Kier molecular flexibility index (Phi) is 3.77. The largest absolute Gasteiger partial charge is 0.495 e. The van der Waals surface area contributed by atoms with Crippen LogP contribution in [-0.4, -0.2) is 29.2 Å². The second-order valence-electron chi connectivity index (χ2n) is 7.26. The van der Waals surface area contributed by atoms with E-state index in [0.717, 1.165) is 18.3 Å². The standard InChI is InChI=1S/C16H23BN2O3/c1-15(2)16(3,4)22-17(21-15)12-7-8-18-13(10-12)19-14(20)9-11-5-6-11/h7-8,10-11H,5-6,9H2,1-4H3,(H,18,19,20). The van der Waals surface area contributed by atoms with Gasteiger partial charge in [0.05, 0.1) is 11.2 Å². The molecule has 2 aliphatic rings. The lowest BCUT2D eigenvalue weighted by Crippen LogP contribution is -2.41. The zero-order valence-electron chi connectivity index (χ0n) is 13.7. The SMILES string of the molecule is CC1(C)OB(c2ccnc(NC(=O)CC3CC3)c2)OC1(C)C. The van der Waals surface area contributed by atoms with E-state index in [1.54, 1.807) is 6.20 Å². The van der Waals surface area contributed by atoms with Crippen molar-refractivity contribution >= 4 is 24.3 Å². The first kappa shape index (κ1) is 15.5. The number of hydrogen-bond donors (Lipinski definition) is 1. The van der Waals surface area contributed by atoms with E-state index in [4.69, 9.17) is 9.31 Å². The molecule has 0 atom stereocenters. The molecule has 0 aromatic carbocycles. The van der Waals surface area contributed by atoms with Gasteiger partial charge in [0.1, 0.15) is 5.82 Å². The molecule has 2 heterocycles. The molecule has 1 aliphatic heterocycles. The summed E-state index contributed by atoms with van der Waals surface area (Å²) < 4.78 is 12.0. The third-order valence-electron chi connectivity index (χ3n) is 4.75. The summed E-state index contributed by atoms with van der Waals surface area (Å²) in [5, 5.41) is 2.86. The van der Waals surface area contributed by atoms with Crippen molar-refractivity contribution in [3.05, 3.63) is 18.3 Å². The van der Waals surface area contributed by atoms with Gasteiger partial charge in [0.2, 0.25) is 5.91 Å². The second-order valence-corrected chi connectivity index (χ2v) is 7.26. The van der Waals surface area contributed by atoms with E-state index in [-0.39, 0.29) is 17.1 Å². The van der Waals surface area contributed by atoms with Crippen LogP contribution in [0.4, 0.5) is 5.82 Å². The van der Waals surface area contributed by atoms with Gasteiger partial charge in [-0.05, 0) is 64.1 Å². The number of nitrogens with one attached hydrogen (secondary N) is 1. The van der Waals surface area contributed by atoms with Gasteiger partial charge in [-0.2, -0.15) is 0 Å². The van der Waals surface area contributed by atoms with Crippen molar-refractivity contribution in [1.29, 1.82) is 0 Å². The Morgan fingerprint density at radius 2 is 1.95 bits per heavy atom. The smallest absolute Gasteiger partial charge is 0.399 e. The zero-order chi connectivity index (χ0) is 16.0. The molecule has 118 valence electrons. The molecule has 0 bridgehead atoms. The normalized spacial score (nSPS) is 22.6. The van der Waals surface area contributed by atoms with Gasteiger partial charge in [-0.3, -0.25) is 4.79 Å². The van der Waals surface area contributed by atoms with Crippen LogP contribution in [0.15, 0.2) is 18.3 Å². The molecule has 0 unspecified atom stereocenters. The monoisotopic (exact) mass is 302 g/mol. The molecule has 1 aromatic heterocycles. The highest BCUT2D eigenvalue weighted by Crippen LogP contribution is 2.36. The van der Waals surface area contributed by atoms with Crippen LogP contribution in [0.5, 0.6) is 0 Å². The zero-order valence-corrected chi connectivity index (χ0v) is 13.7. The summed E-state index contributed by atoms with van der Waals surface area (Å²) in [5.74, 6) is 1.14. The van der Waals surface area contributed by atoms with Gasteiger partial charge < -0.3 is 14.6 Å². The van der Waals surface area contributed by atoms with E-state index < -0.39 is 7.12 Å². The third-order valence-corrected chi connectivity index (χ3v) is 4.75. The summed E-state index contributed by atoms with van der Waals surface area (Å²) in [6, 6.07) is 3.69. The van der Waals surface area contributed by atoms with Crippen LogP contribution in [0.3, 0.4) is 0 Å². The van der Waals surface area contributed by atoms with Crippen LogP contribution in [0.2, 0.25) is 0 Å². The van der Waals surface area contributed by atoms with Gasteiger partial charge in [0, 0.05) is 12.6 Å². The number of carbonyl (C=O) groups excluding carboxylic acids is 1. The van der Waals surface area contributed by atoms with Crippen molar-refractivity contribution in [2.24, 2.45) is 5.92 Å². The average molecular weight is 302 g/mol. The summed E-state index contributed by atoms with van der Waals surface area (Å²) in [7, 11) is -0.438. The van der Waals surface area contributed by atoms with E-state index in [2.05, 4.69) is 10.3 Å². The molecule has 1 saturated carbocycles. The Morgan fingerprint density at radius 3 is 2.55 bits per heavy atom. The molecule has 1 aromatic rings. The van der Waals surface area contributed by atoms with Gasteiger partial charge in [0.25, 0.3) is 0 Å². The molecule has 6 heteroatoms. The topological polar surface area (TPSA) is 60.5 Å². The van der Waals surface area contributed by atoms with Crippen LogP contribution >= 0.6 is 0 Å². The number of nitrogens with zero attached hydrogens (tertiary/aromatic N) is 1. The molecule has 0 radical (unpaired) electrons. The lowest BCUT2D eigenvalue weighted by Gasteiger charge is -2.32. The quantitative estimate of drug-likeness (QED) is 0.866. The fraction of sp³-hybridized carbons (Fsp3) is 0.625. The maximum absolute atomic E-state index is 11.9. The average Bonchev–Trinajstić information content (AvgIpc) is 3.17. The van der Waals surface area contributed by atoms with Crippen LogP contribution in [0.1, 0.15) is 47.0 Å². The van der Waals surface area contributed by atoms with Crippen molar-refractivity contribution in [2.45, 2.75) is 58.2 Å². The fourth-order valence-corrected chi connectivity index (χ4v) is 2.42. The van der Waals surface area contributed by atoms with Crippen molar-refractivity contribution in [3.8, 4) is 0 Å². The van der Waals surface area contributed by atoms with Gasteiger partial charge in [-0.15, -0.1) is 0 Å². The maximum atomic E-state index is 11.9. The Labute approximate surface area is 131 Å². The molecule has 0 spiro atoms. The minimum atomic E-state index is -0.438. The van der Waals surface area contributed by atoms with E-state index in [0.29, 0.717) is 18.2 Å². The van der Waals surface area contributed by atoms with Crippen LogP contribution in [-0.2, 0) is 14.1 Å². The summed E-state index contributed by atoms with van der Waals surface area (Å²) in [4.78, 5) is 16.1. The molecule has 1 saturated heterocycles. The first-order valence-corrected chi connectivity index (χ1v) is 7.88. The number of hydrogen-bond acceptors (Lipinski definition) is 4. The Bertz CT molecular complexity index is 569. The maximum Gasteiger partial charge on any atom is 0.495 e. The van der Waals surface area contributed by atoms with Gasteiger partial charge in [-0.1, -0.05) is 0 Å². The fourth-order valence-electron chi connectivity index (χ4n) is 2.42. The highest BCUT2D eigenvalue weighted by atomic mass is 16.7. The number of amides is 1. The summed E-state index contributed by atoms with van der Waals surface area (Å²) in [6.45, 7) is 8.08. The lowest BCUT2D eigenvalue weighted by atomic mass is 9.80.